The maximum Gasteiger partial charge on any atom is 0.147 e. The van der Waals surface area contributed by atoms with Crippen LogP contribution in [0.25, 0.3) is 10.8 Å². The van der Waals surface area contributed by atoms with Crippen molar-refractivity contribution in [3.8, 4) is 5.75 Å². The van der Waals surface area contributed by atoms with Gasteiger partial charge in [0.25, 0.3) is 0 Å². The van der Waals surface area contributed by atoms with Crippen molar-refractivity contribution < 1.29 is 14.2 Å². The number of hydrogen-bond acceptors (Lipinski definition) is 4. The minimum atomic E-state index is -0.936. The number of anilines is 1. The van der Waals surface area contributed by atoms with E-state index in [1.54, 1.807) is 24.5 Å². The summed E-state index contributed by atoms with van der Waals surface area (Å²) in [6, 6.07) is 12.4. The van der Waals surface area contributed by atoms with Gasteiger partial charge in [0.1, 0.15) is 23.8 Å². The molecule has 2 heterocycles. The molecule has 4 rings (SSSR count). The maximum atomic E-state index is 14.1. The first-order valence-corrected chi connectivity index (χ1v) is 9.30. The molecule has 0 unspecified atom stereocenters. The van der Waals surface area contributed by atoms with Crippen LogP contribution in [-0.2, 0) is 0 Å². The summed E-state index contributed by atoms with van der Waals surface area (Å²) in [6.45, 7) is 1.31. The number of halogens is 2. The van der Waals surface area contributed by atoms with Crippen LogP contribution in [0.1, 0.15) is 12.8 Å². The molecule has 27 heavy (non-hydrogen) atoms. The zero-order valence-electron chi connectivity index (χ0n) is 14.7. The largest absolute Gasteiger partial charge is 0.490 e. The number of piperidine rings is 1. The number of fused-ring (bicyclic) bond motifs is 1. The van der Waals surface area contributed by atoms with Gasteiger partial charge >= 0.3 is 0 Å². The number of nitrogens with zero attached hydrogens (tertiary/aromatic N) is 2. The summed E-state index contributed by atoms with van der Waals surface area (Å²) in [5, 5.41) is 13.2. The van der Waals surface area contributed by atoms with Crippen molar-refractivity contribution >= 4 is 28.1 Å². The molecule has 140 valence electrons. The van der Waals surface area contributed by atoms with Crippen molar-refractivity contribution in [2.24, 2.45) is 0 Å². The van der Waals surface area contributed by atoms with E-state index in [9.17, 15) is 9.50 Å². The Labute approximate surface area is 162 Å². The Bertz CT molecular complexity index is 953. The molecule has 6 heteroatoms. The summed E-state index contributed by atoms with van der Waals surface area (Å²) in [7, 11) is 0. The molecule has 3 aromatic rings. The van der Waals surface area contributed by atoms with E-state index in [1.165, 1.54) is 6.07 Å². The molecule has 0 spiro atoms. The van der Waals surface area contributed by atoms with Gasteiger partial charge in [-0.2, -0.15) is 0 Å². The van der Waals surface area contributed by atoms with Gasteiger partial charge in [-0.1, -0.05) is 23.7 Å². The van der Waals surface area contributed by atoms with Crippen molar-refractivity contribution in [3.63, 3.8) is 0 Å². The molecule has 2 aromatic carbocycles. The summed E-state index contributed by atoms with van der Waals surface area (Å²) >= 11 is 5.82. The first-order valence-electron chi connectivity index (χ1n) is 8.92. The van der Waals surface area contributed by atoms with Crippen LogP contribution in [0.15, 0.2) is 54.9 Å². The Morgan fingerprint density at radius 3 is 2.78 bits per heavy atom. The second-order valence-corrected chi connectivity index (χ2v) is 7.39. The predicted octanol–water partition coefficient (Wildman–Crippen LogP) is 4.44. The van der Waals surface area contributed by atoms with E-state index in [0.717, 1.165) is 16.5 Å². The number of ether oxygens (including phenoxy) is 1. The van der Waals surface area contributed by atoms with Crippen LogP contribution in [0.3, 0.4) is 0 Å². The second-order valence-electron chi connectivity index (χ2n) is 6.95. The van der Waals surface area contributed by atoms with Crippen molar-refractivity contribution in [3.05, 3.63) is 65.7 Å². The zero-order valence-corrected chi connectivity index (χ0v) is 15.5. The highest BCUT2D eigenvalue weighted by Crippen LogP contribution is 2.31. The standard InChI is InChI=1S/C21H20ClFN2O2/c22-16-4-5-19(18(23)12-16)25-10-7-21(26,8-11-25)14-27-20-3-1-2-15-13-24-9-6-17(15)20/h1-6,9,12-13,26H,7-8,10-11,14H2. The van der Waals surface area contributed by atoms with Gasteiger partial charge in [0, 0.05) is 41.3 Å². The molecular weight excluding hydrogens is 367 g/mol. The molecule has 0 saturated carbocycles. The van der Waals surface area contributed by atoms with Gasteiger partial charge in [-0.05, 0) is 43.2 Å². The average molecular weight is 387 g/mol. The minimum Gasteiger partial charge on any atom is -0.490 e. The zero-order chi connectivity index (χ0) is 18.9. The van der Waals surface area contributed by atoms with Gasteiger partial charge in [-0.25, -0.2) is 4.39 Å². The SMILES string of the molecule is OC1(COc2cccc3cnccc23)CCN(c2ccc(Cl)cc2F)CC1. The number of rotatable bonds is 4. The van der Waals surface area contributed by atoms with Crippen LogP contribution in [-0.4, -0.2) is 35.4 Å². The molecule has 1 aliphatic heterocycles. The van der Waals surface area contributed by atoms with Gasteiger partial charge in [0.15, 0.2) is 0 Å². The van der Waals surface area contributed by atoms with E-state index >= 15 is 0 Å². The molecule has 1 saturated heterocycles. The molecular formula is C21H20ClFN2O2. The summed E-state index contributed by atoms with van der Waals surface area (Å²) < 4.78 is 20.1. The third-order valence-corrected chi connectivity index (χ3v) is 5.32. The highest BCUT2D eigenvalue weighted by Gasteiger charge is 2.34. The minimum absolute atomic E-state index is 0.200. The van der Waals surface area contributed by atoms with E-state index < -0.39 is 5.60 Å². The highest BCUT2D eigenvalue weighted by atomic mass is 35.5. The first-order chi connectivity index (χ1) is 13.0. The lowest BCUT2D eigenvalue weighted by atomic mass is 9.92. The number of hydrogen-bond donors (Lipinski definition) is 1. The Kier molecular flexibility index (Phi) is 4.89. The van der Waals surface area contributed by atoms with Gasteiger partial charge in [0.05, 0.1) is 5.69 Å². The number of pyridine rings is 1. The lowest BCUT2D eigenvalue weighted by Crippen LogP contribution is -2.48. The van der Waals surface area contributed by atoms with E-state index in [4.69, 9.17) is 16.3 Å². The molecule has 0 atom stereocenters. The van der Waals surface area contributed by atoms with Gasteiger partial charge < -0.3 is 14.7 Å². The van der Waals surface area contributed by atoms with Crippen LogP contribution in [0.5, 0.6) is 5.75 Å². The third kappa shape index (κ3) is 3.84. The van der Waals surface area contributed by atoms with Crippen LogP contribution in [0.4, 0.5) is 10.1 Å². The molecule has 0 bridgehead atoms. The normalized spacial score (nSPS) is 16.5. The Balaban J connectivity index is 1.42. The number of aromatic nitrogens is 1. The molecule has 1 aromatic heterocycles. The summed E-state index contributed by atoms with van der Waals surface area (Å²) in [5.41, 5.74) is -0.418. The second kappa shape index (κ2) is 7.33. The van der Waals surface area contributed by atoms with Gasteiger partial charge in [-0.15, -0.1) is 0 Å². The van der Waals surface area contributed by atoms with Crippen molar-refractivity contribution in [2.75, 3.05) is 24.6 Å². The van der Waals surface area contributed by atoms with E-state index in [-0.39, 0.29) is 12.4 Å². The molecule has 0 aliphatic carbocycles. The molecule has 1 aliphatic rings. The quantitative estimate of drug-likeness (QED) is 0.720. The van der Waals surface area contributed by atoms with Gasteiger partial charge in [-0.3, -0.25) is 4.98 Å². The molecule has 1 fully saturated rings. The average Bonchev–Trinajstić information content (AvgIpc) is 2.67. The van der Waals surface area contributed by atoms with E-state index in [2.05, 4.69) is 4.98 Å². The summed E-state index contributed by atoms with van der Waals surface area (Å²) in [5.74, 6) is 0.392. The lowest BCUT2D eigenvalue weighted by Gasteiger charge is -2.39. The molecule has 1 N–H and O–H groups in total. The fourth-order valence-electron chi connectivity index (χ4n) is 3.48. The monoisotopic (exact) mass is 386 g/mol. The van der Waals surface area contributed by atoms with Crippen LogP contribution < -0.4 is 9.64 Å². The lowest BCUT2D eigenvalue weighted by molar-refractivity contribution is -0.0238. The topological polar surface area (TPSA) is 45.6 Å². The van der Waals surface area contributed by atoms with E-state index in [0.29, 0.717) is 36.6 Å². The smallest absolute Gasteiger partial charge is 0.147 e. The Morgan fingerprint density at radius 2 is 2.00 bits per heavy atom. The fourth-order valence-corrected chi connectivity index (χ4v) is 3.64. The van der Waals surface area contributed by atoms with Crippen molar-refractivity contribution in [1.82, 2.24) is 4.98 Å². The van der Waals surface area contributed by atoms with Crippen molar-refractivity contribution in [2.45, 2.75) is 18.4 Å². The number of aliphatic hydroxyl groups is 1. The molecule has 0 amide bonds. The fraction of sp³-hybridized carbons (Fsp3) is 0.286. The number of benzene rings is 2. The highest BCUT2D eigenvalue weighted by molar-refractivity contribution is 6.30. The predicted molar refractivity (Wildman–Crippen MR) is 105 cm³/mol. The van der Waals surface area contributed by atoms with Crippen LogP contribution in [0, 0.1) is 5.82 Å². The van der Waals surface area contributed by atoms with Crippen LogP contribution in [0.2, 0.25) is 5.02 Å². The summed E-state index contributed by atoms with van der Waals surface area (Å²) in [4.78, 5) is 6.05. The maximum absolute atomic E-state index is 14.1. The third-order valence-electron chi connectivity index (χ3n) is 5.08. The molecule has 4 nitrogen and oxygen atoms in total. The van der Waals surface area contributed by atoms with Gasteiger partial charge in [0.2, 0.25) is 0 Å². The van der Waals surface area contributed by atoms with Crippen LogP contribution >= 0.6 is 11.6 Å². The van der Waals surface area contributed by atoms with E-state index in [1.807, 2.05) is 29.2 Å². The van der Waals surface area contributed by atoms with Crippen molar-refractivity contribution in [1.29, 1.82) is 0 Å². The Morgan fingerprint density at radius 1 is 1.19 bits per heavy atom. The molecule has 0 radical (unpaired) electrons. The Hall–Kier alpha value is -2.37. The first kappa shape index (κ1) is 18.0. The summed E-state index contributed by atoms with van der Waals surface area (Å²) in [6.07, 6.45) is 4.52.